The molecule has 114 valence electrons. The number of likely N-dealkylation sites (tertiary alicyclic amines) is 1. The molecule has 1 aliphatic rings. The first kappa shape index (κ1) is 16.0. The second kappa shape index (κ2) is 6.56. The molecular weight excluding hydrogens is 288 g/mol. The van der Waals surface area contributed by atoms with Crippen molar-refractivity contribution in [1.29, 1.82) is 5.26 Å². The normalized spacial score (nSPS) is 23.7. The Morgan fingerprint density at radius 2 is 2.05 bits per heavy atom. The van der Waals surface area contributed by atoms with E-state index in [2.05, 4.69) is 4.90 Å². The minimum Gasteiger partial charge on any atom is -0.393 e. The lowest BCUT2D eigenvalue weighted by molar-refractivity contribution is 0.0375. The van der Waals surface area contributed by atoms with E-state index in [-0.39, 0.29) is 22.7 Å². The molecule has 1 heterocycles. The maximum absolute atomic E-state index is 12.3. The predicted molar refractivity (Wildman–Crippen MR) is 79.4 cm³/mol. The van der Waals surface area contributed by atoms with Gasteiger partial charge < -0.3 is 10.0 Å². The van der Waals surface area contributed by atoms with Crippen LogP contribution in [-0.4, -0.2) is 49.9 Å². The standard InChI is InChI=1S/C15H20N2O3S/c1-12-11-17(7-6-15(12)18)8-9-21(19,20)14-4-2-13(10-16)3-5-14/h2-5,12,15,18H,6-9,11H2,1H3. The quantitative estimate of drug-likeness (QED) is 0.898. The SMILES string of the molecule is CC1CN(CCS(=O)(=O)c2ccc(C#N)cc2)CCC1O. The van der Waals surface area contributed by atoms with E-state index < -0.39 is 9.84 Å². The third-order valence-corrected chi connectivity index (χ3v) is 5.67. The monoisotopic (exact) mass is 308 g/mol. The van der Waals surface area contributed by atoms with E-state index in [0.29, 0.717) is 18.5 Å². The van der Waals surface area contributed by atoms with E-state index in [4.69, 9.17) is 5.26 Å². The Morgan fingerprint density at radius 3 is 2.62 bits per heavy atom. The fourth-order valence-corrected chi connectivity index (χ4v) is 3.81. The van der Waals surface area contributed by atoms with Crippen molar-refractivity contribution in [2.75, 3.05) is 25.4 Å². The number of nitriles is 1. The Bertz CT molecular complexity index is 619. The van der Waals surface area contributed by atoms with Gasteiger partial charge in [0.1, 0.15) is 0 Å². The molecule has 0 aliphatic carbocycles. The van der Waals surface area contributed by atoms with Crippen LogP contribution in [0.3, 0.4) is 0 Å². The Morgan fingerprint density at radius 1 is 1.38 bits per heavy atom. The molecule has 6 heteroatoms. The number of aliphatic hydroxyl groups is 1. The predicted octanol–water partition coefficient (Wildman–Crippen LogP) is 1.03. The number of sulfone groups is 1. The molecule has 0 aromatic heterocycles. The molecule has 2 atom stereocenters. The molecule has 1 aromatic rings. The van der Waals surface area contributed by atoms with Gasteiger partial charge in [-0.25, -0.2) is 8.42 Å². The first-order chi connectivity index (χ1) is 9.92. The fraction of sp³-hybridized carbons (Fsp3) is 0.533. The summed E-state index contributed by atoms with van der Waals surface area (Å²) in [6.45, 7) is 3.91. The van der Waals surface area contributed by atoms with Gasteiger partial charge in [0, 0.05) is 19.6 Å². The molecule has 0 saturated carbocycles. The number of hydrogen-bond acceptors (Lipinski definition) is 5. The lowest BCUT2D eigenvalue weighted by atomic mass is 9.97. The average molecular weight is 308 g/mol. The third-order valence-electron chi connectivity index (χ3n) is 3.96. The van der Waals surface area contributed by atoms with Crippen LogP contribution in [0.2, 0.25) is 0 Å². The highest BCUT2D eigenvalue weighted by Gasteiger charge is 2.25. The van der Waals surface area contributed by atoms with Gasteiger partial charge in [0.05, 0.1) is 28.4 Å². The molecule has 1 saturated heterocycles. The Kier molecular flexibility index (Phi) is 4.99. The molecule has 2 unspecified atom stereocenters. The zero-order chi connectivity index (χ0) is 15.5. The van der Waals surface area contributed by atoms with Crippen molar-refractivity contribution < 1.29 is 13.5 Å². The van der Waals surface area contributed by atoms with Gasteiger partial charge in [-0.1, -0.05) is 6.92 Å². The van der Waals surface area contributed by atoms with E-state index >= 15 is 0 Å². The second-order valence-electron chi connectivity index (χ2n) is 5.59. The van der Waals surface area contributed by atoms with Crippen molar-refractivity contribution in [1.82, 2.24) is 4.90 Å². The number of hydrogen-bond donors (Lipinski definition) is 1. The summed E-state index contributed by atoms with van der Waals surface area (Å²) in [6, 6.07) is 7.98. The molecule has 1 aliphatic heterocycles. The molecule has 0 spiro atoms. The first-order valence-electron chi connectivity index (χ1n) is 7.06. The molecule has 2 rings (SSSR count). The summed E-state index contributed by atoms with van der Waals surface area (Å²) in [5, 5.41) is 18.4. The minimum absolute atomic E-state index is 0.0573. The Labute approximate surface area is 125 Å². The molecule has 0 bridgehead atoms. The van der Waals surface area contributed by atoms with Crippen molar-refractivity contribution in [2.24, 2.45) is 5.92 Å². The molecule has 0 radical (unpaired) electrons. The van der Waals surface area contributed by atoms with Gasteiger partial charge in [-0.15, -0.1) is 0 Å². The summed E-state index contributed by atoms with van der Waals surface area (Å²) >= 11 is 0. The molecule has 21 heavy (non-hydrogen) atoms. The summed E-state index contributed by atoms with van der Waals surface area (Å²) in [6.07, 6.45) is 0.411. The minimum atomic E-state index is -3.33. The van der Waals surface area contributed by atoms with Gasteiger partial charge >= 0.3 is 0 Å². The summed E-state index contributed by atoms with van der Waals surface area (Å²) in [4.78, 5) is 2.34. The van der Waals surface area contributed by atoms with Crippen LogP contribution in [0.4, 0.5) is 0 Å². The van der Waals surface area contributed by atoms with Gasteiger partial charge in [-0.05, 0) is 36.6 Å². The van der Waals surface area contributed by atoms with Gasteiger partial charge in [-0.3, -0.25) is 0 Å². The zero-order valence-electron chi connectivity index (χ0n) is 12.1. The summed E-state index contributed by atoms with van der Waals surface area (Å²) in [5.41, 5.74) is 0.452. The Hall–Kier alpha value is -1.42. The highest BCUT2D eigenvalue weighted by Crippen LogP contribution is 2.17. The summed E-state index contributed by atoms with van der Waals surface area (Å²) in [5.74, 6) is 0.234. The van der Waals surface area contributed by atoms with Crippen molar-refractivity contribution in [3.8, 4) is 6.07 Å². The molecule has 1 N–H and O–H groups in total. The molecule has 5 nitrogen and oxygen atoms in total. The molecular formula is C15H20N2O3S. The largest absolute Gasteiger partial charge is 0.393 e. The third kappa shape index (κ3) is 4.03. The van der Waals surface area contributed by atoms with Gasteiger partial charge in [0.15, 0.2) is 9.84 Å². The van der Waals surface area contributed by atoms with Crippen molar-refractivity contribution in [3.05, 3.63) is 29.8 Å². The number of benzene rings is 1. The van der Waals surface area contributed by atoms with E-state index in [1.54, 1.807) is 0 Å². The van der Waals surface area contributed by atoms with Crippen LogP contribution in [0.15, 0.2) is 29.2 Å². The van der Waals surface area contributed by atoms with Crippen molar-refractivity contribution >= 4 is 9.84 Å². The lowest BCUT2D eigenvalue weighted by Gasteiger charge is -2.34. The molecule has 1 fully saturated rings. The average Bonchev–Trinajstić information content (AvgIpc) is 2.48. The topological polar surface area (TPSA) is 81.4 Å². The number of piperidine rings is 1. The number of nitrogens with zero attached hydrogens (tertiary/aromatic N) is 2. The van der Waals surface area contributed by atoms with Gasteiger partial charge in [0.2, 0.25) is 0 Å². The smallest absolute Gasteiger partial charge is 0.179 e. The van der Waals surface area contributed by atoms with E-state index in [9.17, 15) is 13.5 Å². The van der Waals surface area contributed by atoms with Crippen molar-refractivity contribution in [2.45, 2.75) is 24.3 Å². The first-order valence-corrected chi connectivity index (χ1v) is 8.71. The van der Waals surface area contributed by atoms with E-state index in [1.807, 2.05) is 13.0 Å². The fourth-order valence-electron chi connectivity index (χ4n) is 2.53. The maximum Gasteiger partial charge on any atom is 0.179 e. The van der Waals surface area contributed by atoms with Crippen LogP contribution < -0.4 is 0 Å². The van der Waals surface area contributed by atoms with Crippen LogP contribution >= 0.6 is 0 Å². The lowest BCUT2D eigenvalue weighted by Crippen LogP contribution is -2.43. The van der Waals surface area contributed by atoms with E-state index in [0.717, 1.165) is 13.1 Å². The van der Waals surface area contributed by atoms with Crippen LogP contribution in [0.1, 0.15) is 18.9 Å². The van der Waals surface area contributed by atoms with Crippen molar-refractivity contribution in [3.63, 3.8) is 0 Å². The molecule has 1 aromatic carbocycles. The van der Waals surface area contributed by atoms with Gasteiger partial charge in [0.25, 0.3) is 0 Å². The highest BCUT2D eigenvalue weighted by molar-refractivity contribution is 7.91. The van der Waals surface area contributed by atoms with Crippen LogP contribution in [-0.2, 0) is 9.84 Å². The number of rotatable bonds is 4. The van der Waals surface area contributed by atoms with E-state index in [1.165, 1.54) is 24.3 Å². The number of aliphatic hydroxyl groups excluding tert-OH is 1. The van der Waals surface area contributed by atoms with Crippen LogP contribution in [0.5, 0.6) is 0 Å². The van der Waals surface area contributed by atoms with Crippen LogP contribution in [0, 0.1) is 17.2 Å². The maximum atomic E-state index is 12.3. The highest BCUT2D eigenvalue weighted by atomic mass is 32.2. The van der Waals surface area contributed by atoms with Gasteiger partial charge in [-0.2, -0.15) is 5.26 Å². The zero-order valence-corrected chi connectivity index (χ0v) is 12.9. The second-order valence-corrected chi connectivity index (χ2v) is 7.70. The molecule has 0 amide bonds. The Balaban J connectivity index is 1.96. The van der Waals surface area contributed by atoms with Crippen LogP contribution in [0.25, 0.3) is 0 Å². The summed E-state index contributed by atoms with van der Waals surface area (Å²) < 4.78 is 24.5. The summed E-state index contributed by atoms with van der Waals surface area (Å²) in [7, 11) is -3.33.